The molecule has 1 aliphatic rings. The Morgan fingerprint density at radius 1 is 1.37 bits per heavy atom. The third-order valence-electron chi connectivity index (χ3n) is 4.76. The van der Waals surface area contributed by atoms with Gasteiger partial charge in [0.25, 0.3) is 0 Å². The highest BCUT2D eigenvalue weighted by atomic mass is 35.5. The second-order valence-corrected chi connectivity index (χ2v) is 7.14. The molecule has 4 N–H and O–H groups in total. The summed E-state index contributed by atoms with van der Waals surface area (Å²) in [5, 5.41) is 18.5. The van der Waals surface area contributed by atoms with Crippen molar-refractivity contribution in [1.29, 1.82) is 0 Å². The topological polar surface area (TPSA) is 123 Å². The summed E-state index contributed by atoms with van der Waals surface area (Å²) in [5.41, 5.74) is 6.32. The molecule has 0 spiro atoms. The van der Waals surface area contributed by atoms with E-state index in [1.807, 2.05) is 22.8 Å². The molecule has 0 aliphatic carbocycles. The highest BCUT2D eigenvalue weighted by molar-refractivity contribution is 6.28. The second-order valence-electron chi connectivity index (χ2n) is 6.80. The number of benzene rings is 1. The minimum Gasteiger partial charge on any atom is -0.481 e. The number of halogens is 1. The van der Waals surface area contributed by atoms with Crippen LogP contribution in [0.2, 0.25) is 5.28 Å². The van der Waals surface area contributed by atoms with Gasteiger partial charge in [0.15, 0.2) is 5.60 Å². The molecular weight excluding hydrogens is 408 g/mol. The number of aliphatic carboxylic acids is 1. The number of terminal acetylenes is 1. The van der Waals surface area contributed by atoms with Crippen LogP contribution >= 0.6 is 11.6 Å². The maximum absolute atomic E-state index is 10.2. The van der Waals surface area contributed by atoms with Gasteiger partial charge in [0.1, 0.15) is 17.7 Å². The van der Waals surface area contributed by atoms with Crippen molar-refractivity contribution in [1.82, 2.24) is 14.5 Å². The van der Waals surface area contributed by atoms with Crippen LogP contribution in [0.25, 0.3) is 11.0 Å². The first-order valence-electron chi connectivity index (χ1n) is 9.19. The number of ether oxygens (including phenoxy) is 1. The lowest BCUT2D eigenvalue weighted by atomic mass is 10.0. The van der Waals surface area contributed by atoms with Crippen LogP contribution in [0.3, 0.4) is 0 Å². The zero-order chi connectivity index (χ0) is 21.7. The maximum Gasteiger partial charge on any atom is 0.307 e. The van der Waals surface area contributed by atoms with E-state index in [0.717, 1.165) is 5.56 Å². The molecule has 8 nitrogen and oxygen atoms in total. The molecule has 4 rings (SSSR count). The highest BCUT2D eigenvalue weighted by Crippen LogP contribution is 2.37. The molecule has 1 saturated heterocycles. The molecule has 3 aromatic rings. The Morgan fingerprint density at radius 3 is 2.70 bits per heavy atom. The molecule has 0 radical (unpaired) electrons. The number of anilines is 1. The van der Waals surface area contributed by atoms with Crippen molar-refractivity contribution in [3.05, 3.63) is 53.4 Å². The van der Waals surface area contributed by atoms with E-state index in [1.54, 1.807) is 24.4 Å². The maximum atomic E-state index is 10.2. The van der Waals surface area contributed by atoms with Gasteiger partial charge in [0.2, 0.25) is 5.28 Å². The summed E-state index contributed by atoms with van der Waals surface area (Å²) >= 11 is 5.84. The molecule has 2 atom stereocenters. The Morgan fingerprint density at radius 2 is 2.10 bits per heavy atom. The van der Waals surface area contributed by atoms with E-state index >= 15 is 0 Å². The average molecular weight is 429 g/mol. The van der Waals surface area contributed by atoms with Gasteiger partial charge >= 0.3 is 5.97 Å². The summed E-state index contributed by atoms with van der Waals surface area (Å²) in [6.45, 7) is -0.211. The number of aromatic nitrogens is 3. The van der Waals surface area contributed by atoms with Crippen LogP contribution in [0.4, 0.5) is 5.82 Å². The van der Waals surface area contributed by atoms with Gasteiger partial charge in [-0.25, -0.2) is 4.98 Å². The summed E-state index contributed by atoms with van der Waals surface area (Å²) in [6, 6.07) is 10.9. The fraction of sp³-hybridized carbons (Fsp3) is 0.286. The lowest BCUT2D eigenvalue weighted by Crippen LogP contribution is -2.31. The average Bonchev–Trinajstić information content (AvgIpc) is 3.33. The van der Waals surface area contributed by atoms with Crippen LogP contribution in [0.1, 0.15) is 24.6 Å². The van der Waals surface area contributed by atoms with Gasteiger partial charge < -0.3 is 25.3 Å². The number of nitrogens with two attached hydrogens (primary N) is 1. The number of aliphatic hydroxyl groups excluding tert-OH is 1. The fourth-order valence-corrected chi connectivity index (χ4v) is 3.40. The zero-order valence-corrected chi connectivity index (χ0v) is 16.8. The molecule has 0 bridgehead atoms. The molecule has 1 aromatic carbocycles. The molecule has 0 saturated carbocycles. The Bertz CT molecular complexity index is 1080. The minimum absolute atomic E-state index is 0.0818. The van der Waals surface area contributed by atoms with Crippen LogP contribution < -0.4 is 5.73 Å². The van der Waals surface area contributed by atoms with Gasteiger partial charge in [-0.05, 0) is 36.1 Å². The van der Waals surface area contributed by atoms with Gasteiger partial charge in [0, 0.05) is 6.20 Å². The number of hydrogen-bond donors (Lipinski definition) is 3. The molecule has 30 heavy (non-hydrogen) atoms. The van der Waals surface area contributed by atoms with Crippen molar-refractivity contribution in [2.75, 3.05) is 12.3 Å². The molecule has 156 valence electrons. The van der Waals surface area contributed by atoms with Crippen LogP contribution in [-0.4, -0.2) is 42.9 Å². The Labute approximate surface area is 178 Å². The molecule has 2 unspecified atom stereocenters. The summed E-state index contributed by atoms with van der Waals surface area (Å²) in [6.07, 6.45) is 8.32. The number of hydrogen-bond acceptors (Lipinski definition) is 6. The summed E-state index contributed by atoms with van der Waals surface area (Å²) < 4.78 is 7.63. The molecular formula is C21H21ClN4O4. The molecule has 9 heteroatoms. The lowest BCUT2D eigenvalue weighted by molar-refractivity contribution is -0.136. The van der Waals surface area contributed by atoms with E-state index in [4.69, 9.17) is 33.6 Å². The number of aliphatic hydroxyl groups is 1. The Hall–Kier alpha value is -3.12. The quantitative estimate of drug-likeness (QED) is 0.431. The SMILES string of the molecule is C#CC1(CO)CCC(n2ccc3c(N)nc(Cl)nc32)O1.O=C(O)Cc1ccccc1. The Balaban J connectivity index is 0.000000216. The predicted octanol–water partition coefficient (Wildman–Crippen LogP) is 2.65. The summed E-state index contributed by atoms with van der Waals surface area (Å²) in [7, 11) is 0. The van der Waals surface area contributed by atoms with Crippen molar-refractivity contribution in [2.24, 2.45) is 0 Å². The smallest absolute Gasteiger partial charge is 0.307 e. The third kappa shape index (κ3) is 4.71. The number of carbonyl (C=O) groups is 1. The van der Waals surface area contributed by atoms with E-state index in [0.29, 0.717) is 29.7 Å². The molecule has 0 amide bonds. The normalized spacial score (nSPS) is 20.4. The van der Waals surface area contributed by atoms with E-state index in [9.17, 15) is 9.90 Å². The molecule has 3 heterocycles. The number of carboxylic acid groups (broad SMARTS) is 1. The van der Waals surface area contributed by atoms with Crippen molar-refractivity contribution in [3.63, 3.8) is 0 Å². The van der Waals surface area contributed by atoms with E-state index < -0.39 is 11.6 Å². The van der Waals surface area contributed by atoms with Crippen LogP contribution in [-0.2, 0) is 16.0 Å². The van der Waals surface area contributed by atoms with Crippen molar-refractivity contribution in [3.8, 4) is 12.3 Å². The molecule has 1 aliphatic heterocycles. The fourth-order valence-electron chi connectivity index (χ4n) is 3.23. The number of nitrogens with zero attached hydrogens (tertiary/aromatic N) is 3. The lowest BCUT2D eigenvalue weighted by Gasteiger charge is -2.21. The van der Waals surface area contributed by atoms with Gasteiger partial charge in [0.05, 0.1) is 18.4 Å². The number of carboxylic acids is 1. The summed E-state index contributed by atoms with van der Waals surface area (Å²) in [5.74, 6) is 2.06. The largest absolute Gasteiger partial charge is 0.481 e. The van der Waals surface area contributed by atoms with Gasteiger partial charge in [-0.2, -0.15) is 4.98 Å². The van der Waals surface area contributed by atoms with Crippen LogP contribution in [0.5, 0.6) is 0 Å². The van der Waals surface area contributed by atoms with Gasteiger partial charge in [-0.1, -0.05) is 36.3 Å². The number of rotatable bonds is 4. The monoisotopic (exact) mass is 428 g/mol. The van der Waals surface area contributed by atoms with Crippen LogP contribution in [0.15, 0.2) is 42.6 Å². The molecule has 2 aromatic heterocycles. The van der Waals surface area contributed by atoms with Crippen molar-refractivity contribution >= 4 is 34.4 Å². The standard InChI is InChI=1S/C13H13ClN4O2.C8H8O2/c1-2-13(7-19)5-3-9(20-13)18-6-4-8-10(15)16-12(14)17-11(8)18;9-8(10)6-7-4-2-1-3-5-7/h1,4,6,9,19H,3,5,7H2,(H2,15,16,17);1-5H,6H2,(H,9,10). The molecule has 1 fully saturated rings. The number of fused-ring (bicyclic) bond motifs is 1. The first-order valence-corrected chi connectivity index (χ1v) is 9.57. The Kier molecular flexibility index (Phi) is 6.57. The van der Waals surface area contributed by atoms with Crippen LogP contribution in [0, 0.1) is 12.3 Å². The van der Waals surface area contributed by atoms with Crippen molar-refractivity contribution in [2.45, 2.75) is 31.1 Å². The second kappa shape index (κ2) is 9.13. The predicted molar refractivity (Wildman–Crippen MR) is 113 cm³/mol. The number of nitrogen functional groups attached to an aromatic ring is 1. The van der Waals surface area contributed by atoms with Crippen molar-refractivity contribution < 1.29 is 19.7 Å². The van der Waals surface area contributed by atoms with E-state index in [2.05, 4.69) is 15.9 Å². The van der Waals surface area contributed by atoms with Gasteiger partial charge in [-0.3, -0.25) is 4.79 Å². The zero-order valence-electron chi connectivity index (χ0n) is 16.0. The van der Waals surface area contributed by atoms with E-state index in [-0.39, 0.29) is 24.5 Å². The first kappa shape index (κ1) is 21.6. The highest BCUT2D eigenvalue weighted by Gasteiger charge is 2.39. The summed E-state index contributed by atoms with van der Waals surface area (Å²) in [4.78, 5) is 18.3. The third-order valence-corrected chi connectivity index (χ3v) is 4.93. The van der Waals surface area contributed by atoms with E-state index in [1.165, 1.54) is 0 Å². The first-order chi connectivity index (χ1) is 14.4. The minimum atomic E-state index is -0.927. The van der Waals surface area contributed by atoms with Gasteiger partial charge in [-0.15, -0.1) is 6.42 Å².